The van der Waals surface area contributed by atoms with E-state index < -0.39 is 0 Å². The van der Waals surface area contributed by atoms with Gasteiger partial charge < -0.3 is 10.6 Å². The van der Waals surface area contributed by atoms with E-state index in [2.05, 4.69) is 20.8 Å². The molecule has 0 spiro atoms. The Bertz CT molecular complexity index is 678. The molecular formula is C14H17N5O2. The summed E-state index contributed by atoms with van der Waals surface area (Å²) in [5.74, 6) is -0.141. The second-order valence-corrected chi connectivity index (χ2v) is 4.81. The standard InChI is InChI=1S/C14H17N5O2/c1-9-4-5-10(2)12(6-9)17-14(21)8-19-15-7-13(18-19)16-11(3)20/h4-7H,8H2,1-3H3,(H,17,21)(H,16,18,20). The van der Waals surface area contributed by atoms with Gasteiger partial charge in [0.05, 0.1) is 6.20 Å². The van der Waals surface area contributed by atoms with Crippen LogP contribution in [0.4, 0.5) is 11.5 Å². The number of aromatic nitrogens is 3. The molecule has 0 bridgehead atoms. The van der Waals surface area contributed by atoms with Crippen LogP contribution in [0.25, 0.3) is 0 Å². The van der Waals surface area contributed by atoms with Crippen molar-refractivity contribution in [2.24, 2.45) is 0 Å². The van der Waals surface area contributed by atoms with Crippen molar-refractivity contribution in [1.82, 2.24) is 15.0 Å². The van der Waals surface area contributed by atoms with Crippen LogP contribution in [0.5, 0.6) is 0 Å². The van der Waals surface area contributed by atoms with E-state index in [1.165, 1.54) is 17.9 Å². The average Bonchev–Trinajstić information content (AvgIpc) is 2.80. The second kappa shape index (κ2) is 6.17. The molecule has 21 heavy (non-hydrogen) atoms. The number of rotatable bonds is 4. The molecule has 110 valence electrons. The molecule has 0 fully saturated rings. The molecule has 0 saturated heterocycles. The molecule has 0 aliphatic heterocycles. The maximum absolute atomic E-state index is 12.0. The van der Waals surface area contributed by atoms with Crippen LogP contribution < -0.4 is 10.6 Å². The fraction of sp³-hybridized carbons (Fsp3) is 0.286. The van der Waals surface area contributed by atoms with E-state index in [0.29, 0.717) is 5.82 Å². The van der Waals surface area contributed by atoms with Crippen LogP contribution in [0.3, 0.4) is 0 Å². The van der Waals surface area contributed by atoms with Crippen LogP contribution >= 0.6 is 0 Å². The number of anilines is 2. The van der Waals surface area contributed by atoms with Crippen LogP contribution in [0.15, 0.2) is 24.4 Å². The normalized spacial score (nSPS) is 10.2. The van der Waals surface area contributed by atoms with Gasteiger partial charge in [0, 0.05) is 12.6 Å². The van der Waals surface area contributed by atoms with Gasteiger partial charge in [-0.3, -0.25) is 9.59 Å². The molecular weight excluding hydrogens is 270 g/mol. The summed E-state index contributed by atoms with van der Waals surface area (Å²) in [6.45, 7) is 5.25. The lowest BCUT2D eigenvalue weighted by Gasteiger charge is -2.08. The first-order valence-electron chi connectivity index (χ1n) is 6.49. The lowest BCUT2D eigenvalue weighted by atomic mass is 10.1. The van der Waals surface area contributed by atoms with Gasteiger partial charge in [0.2, 0.25) is 11.8 Å². The van der Waals surface area contributed by atoms with Crippen molar-refractivity contribution in [3.63, 3.8) is 0 Å². The molecule has 0 aliphatic rings. The van der Waals surface area contributed by atoms with Crippen LogP contribution in [0.1, 0.15) is 18.1 Å². The number of hydrogen-bond acceptors (Lipinski definition) is 4. The zero-order valence-electron chi connectivity index (χ0n) is 12.2. The maximum atomic E-state index is 12.0. The van der Waals surface area contributed by atoms with Crippen LogP contribution in [-0.4, -0.2) is 26.8 Å². The number of carbonyl (C=O) groups excluding carboxylic acids is 2. The summed E-state index contributed by atoms with van der Waals surface area (Å²) in [6.07, 6.45) is 1.40. The van der Waals surface area contributed by atoms with Gasteiger partial charge >= 0.3 is 0 Å². The third kappa shape index (κ3) is 4.13. The number of benzene rings is 1. The quantitative estimate of drug-likeness (QED) is 0.891. The first-order valence-corrected chi connectivity index (χ1v) is 6.49. The highest BCUT2D eigenvalue weighted by Crippen LogP contribution is 2.16. The van der Waals surface area contributed by atoms with E-state index in [1.807, 2.05) is 32.0 Å². The number of amides is 2. The molecule has 0 aliphatic carbocycles. The highest BCUT2D eigenvalue weighted by Gasteiger charge is 2.09. The monoisotopic (exact) mass is 287 g/mol. The molecule has 2 N–H and O–H groups in total. The molecule has 1 aromatic heterocycles. The number of carbonyl (C=O) groups is 2. The number of nitrogens with zero attached hydrogens (tertiary/aromatic N) is 3. The minimum Gasteiger partial charge on any atom is -0.324 e. The summed E-state index contributed by atoms with van der Waals surface area (Å²) in [5.41, 5.74) is 2.83. The Morgan fingerprint density at radius 3 is 2.71 bits per heavy atom. The Kier molecular flexibility index (Phi) is 4.32. The van der Waals surface area contributed by atoms with Gasteiger partial charge in [-0.2, -0.15) is 9.90 Å². The van der Waals surface area contributed by atoms with Crippen molar-refractivity contribution in [3.05, 3.63) is 35.5 Å². The van der Waals surface area contributed by atoms with E-state index in [-0.39, 0.29) is 18.4 Å². The van der Waals surface area contributed by atoms with E-state index in [4.69, 9.17) is 0 Å². The summed E-state index contributed by atoms with van der Waals surface area (Å²) in [6, 6.07) is 5.85. The van der Waals surface area contributed by atoms with Gasteiger partial charge in [-0.05, 0) is 31.0 Å². The van der Waals surface area contributed by atoms with Gasteiger partial charge in [0.1, 0.15) is 6.54 Å². The van der Waals surface area contributed by atoms with Crippen LogP contribution in [0, 0.1) is 13.8 Å². The first-order chi connectivity index (χ1) is 9.94. The molecule has 7 heteroatoms. The fourth-order valence-electron chi connectivity index (χ4n) is 1.80. The second-order valence-electron chi connectivity index (χ2n) is 4.81. The van der Waals surface area contributed by atoms with Crippen molar-refractivity contribution in [1.29, 1.82) is 0 Å². The summed E-state index contributed by atoms with van der Waals surface area (Å²) < 4.78 is 0. The summed E-state index contributed by atoms with van der Waals surface area (Å²) in [5, 5.41) is 13.2. The van der Waals surface area contributed by atoms with Crippen molar-refractivity contribution < 1.29 is 9.59 Å². The van der Waals surface area contributed by atoms with E-state index >= 15 is 0 Å². The average molecular weight is 287 g/mol. The lowest BCUT2D eigenvalue weighted by molar-refractivity contribution is -0.117. The molecule has 1 heterocycles. The van der Waals surface area contributed by atoms with E-state index in [1.54, 1.807) is 0 Å². The predicted molar refractivity (Wildman–Crippen MR) is 78.9 cm³/mol. The Balaban J connectivity index is 2.00. The lowest BCUT2D eigenvalue weighted by Crippen LogP contribution is -2.21. The van der Waals surface area contributed by atoms with E-state index in [0.717, 1.165) is 16.8 Å². The zero-order chi connectivity index (χ0) is 15.4. The topological polar surface area (TPSA) is 88.9 Å². The van der Waals surface area contributed by atoms with Gasteiger partial charge in [-0.25, -0.2) is 0 Å². The summed E-state index contributed by atoms with van der Waals surface area (Å²) in [4.78, 5) is 24.1. The molecule has 2 rings (SSSR count). The molecule has 2 amide bonds. The van der Waals surface area contributed by atoms with E-state index in [9.17, 15) is 9.59 Å². The molecule has 7 nitrogen and oxygen atoms in total. The van der Waals surface area contributed by atoms with Gasteiger partial charge in [-0.15, -0.1) is 5.10 Å². The summed E-state index contributed by atoms with van der Waals surface area (Å²) in [7, 11) is 0. The smallest absolute Gasteiger partial charge is 0.247 e. The number of nitrogens with one attached hydrogen (secondary N) is 2. The third-order valence-electron chi connectivity index (χ3n) is 2.79. The fourth-order valence-corrected chi connectivity index (χ4v) is 1.80. The highest BCUT2D eigenvalue weighted by atomic mass is 16.2. The molecule has 0 unspecified atom stereocenters. The predicted octanol–water partition coefficient (Wildman–Crippen LogP) is 1.49. The Morgan fingerprint density at radius 2 is 2.00 bits per heavy atom. The molecule has 1 aromatic carbocycles. The van der Waals surface area contributed by atoms with Crippen molar-refractivity contribution >= 4 is 23.3 Å². The Morgan fingerprint density at radius 1 is 1.24 bits per heavy atom. The molecule has 0 atom stereocenters. The zero-order valence-corrected chi connectivity index (χ0v) is 12.2. The van der Waals surface area contributed by atoms with Crippen molar-refractivity contribution in [2.45, 2.75) is 27.3 Å². The maximum Gasteiger partial charge on any atom is 0.247 e. The minimum absolute atomic E-state index is 0.0209. The third-order valence-corrected chi connectivity index (χ3v) is 2.79. The van der Waals surface area contributed by atoms with Gasteiger partial charge in [-0.1, -0.05) is 12.1 Å². The van der Waals surface area contributed by atoms with Gasteiger partial charge in [0.15, 0.2) is 5.82 Å². The van der Waals surface area contributed by atoms with Crippen LogP contribution in [-0.2, 0) is 16.1 Å². The Labute approximate surface area is 122 Å². The van der Waals surface area contributed by atoms with Crippen molar-refractivity contribution in [3.8, 4) is 0 Å². The molecule has 0 saturated carbocycles. The highest BCUT2D eigenvalue weighted by molar-refractivity contribution is 5.91. The molecule has 2 aromatic rings. The first kappa shape index (κ1) is 14.7. The SMILES string of the molecule is CC(=O)Nc1cnn(CC(=O)Nc2cc(C)ccc2C)n1. The van der Waals surface area contributed by atoms with Gasteiger partial charge in [0.25, 0.3) is 0 Å². The minimum atomic E-state index is -0.234. The Hall–Kier alpha value is -2.70. The summed E-state index contributed by atoms with van der Waals surface area (Å²) >= 11 is 0. The molecule has 0 radical (unpaired) electrons. The van der Waals surface area contributed by atoms with Crippen molar-refractivity contribution in [2.75, 3.05) is 10.6 Å². The van der Waals surface area contributed by atoms with Crippen LogP contribution in [0.2, 0.25) is 0 Å². The number of hydrogen-bond donors (Lipinski definition) is 2. The largest absolute Gasteiger partial charge is 0.324 e. The number of aryl methyl sites for hydroxylation is 2.